The molecule has 0 bridgehead atoms. The number of thiophene rings is 1. The largest absolute Gasteiger partial charge is 0.352 e. The smallest absolute Gasteiger partial charge is 0.251 e. The van der Waals surface area contributed by atoms with Gasteiger partial charge < -0.3 is 10.6 Å². The fraction of sp³-hybridized carbons (Fsp3) is 0.294. The van der Waals surface area contributed by atoms with Gasteiger partial charge >= 0.3 is 0 Å². The monoisotopic (exact) mass is 314 g/mol. The van der Waals surface area contributed by atoms with Gasteiger partial charge in [0.25, 0.3) is 5.91 Å². The Morgan fingerprint density at radius 2 is 2.14 bits per heavy atom. The van der Waals surface area contributed by atoms with E-state index in [0.29, 0.717) is 12.1 Å². The summed E-state index contributed by atoms with van der Waals surface area (Å²) in [6.07, 6.45) is 0.833. The van der Waals surface area contributed by atoms with Gasteiger partial charge in [-0.1, -0.05) is 6.07 Å². The summed E-state index contributed by atoms with van der Waals surface area (Å²) < 4.78 is 0. The number of anilines is 1. The highest BCUT2D eigenvalue weighted by molar-refractivity contribution is 7.09. The second-order valence-electron chi connectivity index (χ2n) is 5.92. The van der Waals surface area contributed by atoms with Gasteiger partial charge in [-0.15, -0.1) is 11.3 Å². The summed E-state index contributed by atoms with van der Waals surface area (Å²) in [5.74, 6) is -0.132. The van der Waals surface area contributed by atoms with Gasteiger partial charge in [-0.05, 0) is 55.5 Å². The zero-order valence-corrected chi connectivity index (χ0v) is 13.4. The lowest BCUT2D eigenvalue weighted by molar-refractivity contribution is -0.119. The molecular formula is C17H18N2O2S. The minimum Gasteiger partial charge on any atom is -0.352 e. The molecule has 4 nitrogen and oxygen atoms in total. The Morgan fingerprint density at radius 3 is 2.86 bits per heavy atom. The van der Waals surface area contributed by atoms with Crippen molar-refractivity contribution in [2.75, 3.05) is 11.9 Å². The predicted molar refractivity (Wildman–Crippen MR) is 88.5 cm³/mol. The summed E-state index contributed by atoms with van der Waals surface area (Å²) in [7, 11) is 0. The summed E-state index contributed by atoms with van der Waals surface area (Å²) in [6.45, 7) is 4.34. The maximum absolute atomic E-state index is 12.3. The molecular weight excluding hydrogens is 296 g/mol. The summed E-state index contributed by atoms with van der Waals surface area (Å²) in [6, 6.07) is 9.44. The molecule has 2 amide bonds. The van der Waals surface area contributed by atoms with Crippen LogP contribution in [0.5, 0.6) is 0 Å². The Bertz CT molecular complexity index is 720. The summed E-state index contributed by atoms with van der Waals surface area (Å²) in [5.41, 5.74) is 1.67. The van der Waals surface area contributed by atoms with Crippen molar-refractivity contribution in [1.29, 1.82) is 0 Å². The molecule has 0 saturated carbocycles. The third kappa shape index (κ3) is 2.64. The molecule has 5 heteroatoms. The number of carbonyl (C=O) groups excluding carboxylic acids is 2. The summed E-state index contributed by atoms with van der Waals surface area (Å²) in [4.78, 5) is 25.4. The van der Waals surface area contributed by atoms with E-state index in [0.717, 1.165) is 17.7 Å². The first-order valence-corrected chi connectivity index (χ1v) is 8.13. The van der Waals surface area contributed by atoms with Crippen LogP contribution in [0.4, 0.5) is 5.69 Å². The van der Waals surface area contributed by atoms with Crippen molar-refractivity contribution in [2.24, 2.45) is 0 Å². The molecule has 2 aromatic rings. The van der Waals surface area contributed by atoms with E-state index in [1.807, 2.05) is 31.4 Å². The lowest BCUT2D eigenvalue weighted by Crippen LogP contribution is -2.28. The van der Waals surface area contributed by atoms with Crippen molar-refractivity contribution in [3.8, 4) is 0 Å². The number of amides is 2. The van der Waals surface area contributed by atoms with Crippen LogP contribution in [-0.2, 0) is 16.6 Å². The highest BCUT2D eigenvalue weighted by Crippen LogP contribution is 2.37. The zero-order chi connectivity index (χ0) is 15.7. The fourth-order valence-corrected chi connectivity index (χ4v) is 3.28. The highest BCUT2D eigenvalue weighted by atomic mass is 32.1. The van der Waals surface area contributed by atoms with Crippen molar-refractivity contribution in [2.45, 2.75) is 25.7 Å². The fourth-order valence-electron chi connectivity index (χ4n) is 2.57. The van der Waals surface area contributed by atoms with Gasteiger partial charge in [-0.25, -0.2) is 0 Å². The molecule has 114 valence electrons. The molecule has 2 N–H and O–H groups in total. The number of rotatable bonds is 4. The van der Waals surface area contributed by atoms with E-state index in [2.05, 4.69) is 16.7 Å². The Labute approximate surface area is 133 Å². The minimum absolute atomic E-state index is 0.0299. The average Bonchev–Trinajstić information content (AvgIpc) is 3.07. The van der Waals surface area contributed by atoms with E-state index in [1.54, 1.807) is 23.5 Å². The lowest BCUT2D eigenvalue weighted by atomic mass is 9.85. The standard InChI is InChI=1S/C17H18N2O2S/c1-17(2)13-10-11(5-6-14(13)19-16(17)21)15(20)18-8-7-12-4-3-9-22-12/h3-6,9-10H,7-8H2,1-2H3,(H,18,20)(H,19,21). The molecule has 0 radical (unpaired) electrons. The Hall–Kier alpha value is -2.14. The molecule has 3 rings (SSSR count). The van der Waals surface area contributed by atoms with Crippen molar-refractivity contribution in [1.82, 2.24) is 5.32 Å². The van der Waals surface area contributed by atoms with Gasteiger partial charge in [0.1, 0.15) is 0 Å². The van der Waals surface area contributed by atoms with Crippen molar-refractivity contribution in [3.63, 3.8) is 0 Å². The second kappa shape index (κ2) is 5.57. The number of nitrogens with one attached hydrogen (secondary N) is 2. The molecule has 0 spiro atoms. The number of hydrogen-bond acceptors (Lipinski definition) is 3. The molecule has 0 aliphatic carbocycles. The predicted octanol–water partition coefficient (Wildman–Crippen LogP) is 2.95. The minimum atomic E-state index is -0.595. The molecule has 1 aromatic heterocycles. The van der Waals surface area contributed by atoms with Gasteiger partial charge in [0.15, 0.2) is 0 Å². The SMILES string of the molecule is CC1(C)C(=O)Nc2ccc(C(=O)NCCc3cccs3)cc21. The number of carbonyl (C=O) groups is 2. The first kappa shape index (κ1) is 14.8. The molecule has 0 fully saturated rings. The van der Waals surface area contributed by atoms with Crippen LogP contribution in [0.15, 0.2) is 35.7 Å². The molecule has 2 heterocycles. The third-order valence-electron chi connectivity index (χ3n) is 4.01. The van der Waals surface area contributed by atoms with Crippen LogP contribution >= 0.6 is 11.3 Å². The molecule has 22 heavy (non-hydrogen) atoms. The van der Waals surface area contributed by atoms with E-state index in [1.165, 1.54) is 4.88 Å². The quantitative estimate of drug-likeness (QED) is 0.911. The van der Waals surface area contributed by atoms with Crippen LogP contribution in [0.25, 0.3) is 0 Å². The zero-order valence-electron chi connectivity index (χ0n) is 12.6. The summed E-state index contributed by atoms with van der Waals surface area (Å²) >= 11 is 1.69. The molecule has 0 saturated heterocycles. The number of fused-ring (bicyclic) bond motifs is 1. The van der Waals surface area contributed by atoms with E-state index in [9.17, 15) is 9.59 Å². The Morgan fingerprint density at radius 1 is 1.32 bits per heavy atom. The van der Waals surface area contributed by atoms with Crippen LogP contribution < -0.4 is 10.6 Å². The van der Waals surface area contributed by atoms with Crippen LogP contribution in [-0.4, -0.2) is 18.4 Å². The van der Waals surface area contributed by atoms with Crippen LogP contribution in [0.2, 0.25) is 0 Å². The van der Waals surface area contributed by atoms with Crippen molar-refractivity contribution < 1.29 is 9.59 Å². The molecule has 0 atom stereocenters. The molecule has 1 aliphatic rings. The van der Waals surface area contributed by atoms with E-state index in [-0.39, 0.29) is 11.8 Å². The van der Waals surface area contributed by atoms with E-state index < -0.39 is 5.41 Å². The average molecular weight is 314 g/mol. The third-order valence-corrected chi connectivity index (χ3v) is 4.94. The topological polar surface area (TPSA) is 58.2 Å². The maximum Gasteiger partial charge on any atom is 0.251 e. The van der Waals surface area contributed by atoms with E-state index in [4.69, 9.17) is 0 Å². The van der Waals surface area contributed by atoms with Gasteiger partial charge in [0.05, 0.1) is 5.41 Å². The van der Waals surface area contributed by atoms with Gasteiger partial charge in [0.2, 0.25) is 5.91 Å². The lowest BCUT2D eigenvalue weighted by Gasteiger charge is -2.15. The van der Waals surface area contributed by atoms with Gasteiger partial charge in [-0.3, -0.25) is 9.59 Å². The molecule has 1 aromatic carbocycles. The van der Waals surface area contributed by atoms with E-state index >= 15 is 0 Å². The summed E-state index contributed by atoms with van der Waals surface area (Å²) in [5, 5.41) is 7.81. The van der Waals surface area contributed by atoms with Gasteiger partial charge in [0, 0.05) is 22.7 Å². The van der Waals surface area contributed by atoms with Crippen molar-refractivity contribution >= 4 is 28.8 Å². The van der Waals surface area contributed by atoms with Crippen molar-refractivity contribution in [3.05, 3.63) is 51.7 Å². The molecule has 1 aliphatic heterocycles. The normalized spacial score (nSPS) is 15.3. The number of hydrogen-bond donors (Lipinski definition) is 2. The second-order valence-corrected chi connectivity index (χ2v) is 6.96. The van der Waals surface area contributed by atoms with Gasteiger partial charge in [-0.2, -0.15) is 0 Å². The van der Waals surface area contributed by atoms with Crippen LogP contribution in [0.3, 0.4) is 0 Å². The van der Waals surface area contributed by atoms with Crippen LogP contribution in [0.1, 0.15) is 34.6 Å². The Balaban J connectivity index is 1.69. The van der Waals surface area contributed by atoms with Crippen LogP contribution in [0, 0.1) is 0 Å². The molecule has 0 unspecified atom stereocenters. The maximum atomic E-state index is 12.3. The Kier molecular flexibility index (Phi) is 3.74. The first-order valence-electron chi connectivity index (χ1n) is 7.25. The highest BCUT2D eigenvalue weighted by Gasteiger charge is 2.38. The number of benzene rings is 1. The first-order chi connectivity index (χ1) is 10.5.